The van der Waals surface area contributed by atoms with Crippen LogP contribution in [0.3, 0.4) is 0 Å². The van der Waals surface area contributed by atoms with Crippen LogP contribution in [-0.2, 0) is 9.32 Å². The van der Waals surface area contributed by atoms with Crippen LogP contribution in [0.1, 0.15) is 6.42 Å². The van der Waals surface area contributed by atoms with E-state index in [0.717, 1.165) is 24.9 Å². The van der Waals surface area contributed by atoms with Crippen molar-refractivity contribution < 1.29 is 9.32 Å². The molecule has 0 aromatic heterocycles. The SMILES string of the molecule is O=C(CC1C2CN(P)CC12)OP. The lowest BCUT2D eigenvalue weighted by Crippen LogP contribution is -2.14. The molecule has 0 N–H and O–H groups in total. The summed E-state index contributed by atoms with van der Waals surface area (Å²) in [7, 11) is 4.72. The summed E-state index contributed by atoms with van der Waals surface area (Å²) in [6.45, 7) is 2.26. The van der Waals surface area contributed by atoms with E-state index in [0.29, 0.717) is 12.3 Å². The zero-order valence-electron chi connectivity index (χ0n) is 6.77. The highest BCUT2D eigenvalue weighted by Crippen LogP contribution is 2.54. The van der Waals surface area contributed by atoms with E-state index in [4.69, 9.17) is 0 Å². The summed E-state index contributed by atoms with van der Waals surface area (Å²) in [6, 6.07) is 0. The quantitative estimate of drug-likeness (QED) is 0.621. The molecule has 4 atom stereocenters. The van der Waals surface area contributed by atoms with Crippen LogP contribution >= 0.6 is 18.9 Å². The topological polar surface area (TPSA) is 29.5 Å². The monoisotopic (exact) mass is 205 g/mol. The average molecular weight is 205 g/mol. The Balaban J connectivity index is 1.79. The van der Waals surface area contributed by atoms with Crippen molar-refractivity contribution >= 4 is 24.8 Å². The standard InChI is InChI=1S/C7H13NO2P2/c9-7(10-12)1-4-5-2-8(11)3-6(4)5/h4-6H,1-3,11-12H2. The molecule has 2 aliphatic rings. The van der Waals surface area contributed by atoms with Crippen molar-refractivity contribution in [3.63, 3.8) is 0 Å². The van der Waals surface area contributed by atoms with E-state index in [2.05, 4.69) is 18.6 Å². The molecule has 3 nitrogen and oxygen atoms in total. The fourth-order valence-corrected chi connectivity index (χ4v) is 2.81. The first-order chi connectivity index (χ1) is 5.72. The van der Waals surface area contributed by atoms with Gasteiger partial charge in [0.1, 0.15) is 0 Å². The molecule has 1 saturated heterocycles. The van der Waals surface area contributed by atoms with E-state index in [1.165, 1.54) is 0 Å². The van der Waals surface area contributed by atoms with Gasteiger partial charge in [0.25, 0.3) is 0 Å². The summed E-state index contributed by atoms with van der Waals surface area (Å²) in [6.07, 6.45) is 0.608. The van der Waals surface area contributed by atoms with E-state index in [-0.39, 0.29) is 5.97 Å². The van der Waals surface area contributed by atoms with Gasteiger partial charge in [0.2, 0.25) is 0 Å². The molecule has 4 unspecified atom stereocenters. The maximum absolute atomic E-state index is 10.9. The minimum atomic E-state index is -0.0882. The molecule has 0 bridgehead atoms. The molecule has 0 aromatic rings. The second-order valence-electron chi connectivity index (χ2n) is 3.64. The Morgan fingerprint density at radius 1 is 1.50 bits per heavy atom. The van der Waals surface area contributed by atoms with E-state index >= 15 is 0 Å². The Hall–Kier alpha value is 0.290. The predicted octanol–water partition coefficient (Wildman–Crippen LogP) is 0.678. The number of piperidine rings is 1. The fourth-order valence-electron chi connectivity index (χ4n) is 2.23. The van der Waals surface area contributed by atoms with Crippen molar-refractivity contribution in [3.8, 4) is 0 Å². The summed E-state index contributed by atoms with van der Waals surface area (Å²) in [5.74, 6) is 2.03. The first-order valence-corrected chi connectivity index (χ1v) is 5.10. The highest BCUT2D eigenvalue weighted by molar-refractivity contribution is 7.13. The zero-order chi connectivity index (χ0) is 8.72. The van der Waals surface area contributed by atoms with Gasteiger partial charge in [0.15, 0.2) is 0 Å². The molecular weight excluding hydrogens is 192 g/mol. The van der Waals surface area contributed by atoms with Gasteiger partial charge < -0.3 is 4.52 Å². The van der Waals surface area contributed by atoms with Crippen LogP contribution in [0.2, 0.25) is 0 Å². The zero-order valence-corrected chi connectivity index (χ0v) is 9.08. The summed E-state index contributed by atoms with van der Waals surface area (Å²) >= 11 is 0. The van der Waals surface area contributed by atoms with Crippen molar-refractivity contribution in [2.24, 2.45) is 17.8 Å². The normalized spacial score (nSPS) is 39.3. The van der Waals surface area contributed by atoms with Crippen LogP contribution in [0.4, 0.5) is 0 Å². The van der Waals surface area contributed by atoms with Gasteiger partial charge in [-0.25, -0.2) is 0 Å². The molecule has 2 fully saturated rings. The second kappa shape index (κ2) is 3.21. The third-order valence-corrected chi connectivity index (χ3v) is 3.62. The largest absolute Gasteiger partial charge is 0.451 e. The number of nitrogens with zero attached hydrogens (tertiary/aromatic N) is 1. The van der Waals surface area contributed by atoms with Gasteiger partial charge in [-0.3, -0.25) is 9.46 Å². The summed E-state index contributed by atoms with van der Waals surface area (Å²) in [5, 5.41) is 0. The van der Waals surface area contributed by atoms with Crippen LogP contribution < -0.4 is 0 Å². The Kier molecular flexibility index (Phi) is 2.37. The minimum Gasteiger partial charge on any atom is -0.451 e. The van der Waals surface area contributed by atoms with Crippen LogP contribution in [0.25, 0.3) is 0 Å². The van der Waals surface area contributed by atoms with Crippen LogP contribution in [0.5, 0.6) is 0 Å². The molecule has 1 heterocycles. The summed E-state index contributed by atoms with van der Waals surface area (Å²) < 4.78 is 6.80. The molecule has 68 valence electrons. The van der Waals surface area contributed by atoms with Crippen LogP contribution in [0.15, 0.2) is 0 Å². The molecule has 1 aliphatic heterocycles. The number of hydrogen-bond donors (Lipinski definition) is 0. The smallest absolute Gasteiger partial charge is 0.308 e. The molecule has 5 heteroatoms. The molecule has 1 aliphatic carbocycles. The fraction of sp³-hybridized carbons (Fsp3) is 0.857. The lowest BCUT2D eigenvalue weighted by molar-refractivity contribution is -0.133. The summed E-state index contributed by atoms with van der Waals surface area (Å²) in [5.41, 5.74) is 0. The van der Waals surface area contributed by atoms with Gasteiger partial charge in [0.05, 0.1) is 9.47 Å². The predicted molar refractivity (Wildman–Crippen MR) is 52.2 cm³/mol. The molecule has 2 rings (SSSR count). The van der Waals surface area contributed by atoms with E-state index in [1.807, 2.05) is 9.47 Å². The van der Waals surface area contributed by atoms with Gasteiger partial charge in [-0.15, -0.1) is 0 Å². The minimum absolute atomic E-state index is 0.0882. The Bertz CT molecular complexity index is 200. The van der Waals surface area contributed by atoms with Crippen molar-refractivity contribution in [1.29, 1.82) is 0 Å². The lowest BCUT2D eigenvalue weighted by atomic mass is 10.2. The van der Waals surface area contributed by atoms with Crippen LogP contribution in [-0.4, -0.2) is 23.7 Å². The maximum Gasteiger partial charge on any atom is 0.308 e. The van der Waals surface area contributed by atoms with Crippen molar-refractivity contribution in [3.05, 3.63) is 0 Å². The molecule has 12 heavy (non-hydrogen) atoms. The maximum atomic E-state index is 10.9. The molecule has 0 aromatic carbocycles. The van der Waals surface area contributed by atoms with E-state index in [9.17, 15) is 4.79 Å². The van der Waals surface area contributed by atoms with Gasteiger partial charge in [0, 0.05) is 19.5 Å². The third-order valence-electron chi connectivity index (χ3n) is 2.93. The number of fused-ring (bicyclic) bond motifs is 1. The summed E-state index contributed by atoms with van der Waals surface area (Å²) in [4.78, 5) is 10.9. The van der Waals surface area contributed by atoms with Gasteiger partial charge >= 0.3 is 5.97 Å². The first-order valence-electron chi connectivity index (χ1n) is 4.11. The van der Waals surface area contributed by atoms with Crippen LogP contribution in [0, 0.1) is 17.8 Å². The third kappa shape index (κ3) is 1.51. The molecule has 0 radical (unpaired) electrons. The number of carbonyl (C=O) groups is 1. The molecule has 0 spiro atoms. The van der Waals surface area contributed by atoms with E-state index in [1.54, 1.807) is 0 Å². The number of rotatable bonds is 2. The van der Waals surface area contributed by atoms with Gasteiger partial charge in [-0.1, -0.05) is 9.39 Å². The highest BCUT2D eigenvalue weighted by atomic mass is 31.0. The molecule has 1 saturated carbocycles. The highest BCUT2D eigenvalue weighted by Gasteiger charge is 2.55. The van der Waals surface area contributed by atoms with Crippen molar-refractivity contribution in [2.45, 2.75) is 6.42 Å². The second-order valence-corrected chi connectivity index (χ2v) is 4.61. The lowest BCUT2D eigenvalue weighted by Gasteiger charge is -2.11. The Labute approximate surface area is 76.8 Å². The number of carbonyl (C=O) groups excluding carboxylic acids is 1. The average Bonchev–Trinajstić information content (AvgIpc) is 2.51. The van der Waals surface area contributed by atoms with E-state index < -0.39 is 0 Å². The Morgan fingerprint density at radius 2 is 2.08 bits per heavy atom. The first kappa shape index (κ1) is 8.87. The van der Waals surface area contributed by atoms with Gasteiger partial charge in [-0.05, 0) is 17.8 Å². The van der Waals surface area contributed by atoms with Crippen molar-refractivity contribution in [1.82, 2.24) is 4.67 Å². The van der Waals surface area contributed by atoms with Crippen molar-refractivity contribution in [2.75, 3.05) is 13.1 Å². The molecular formula is C7H13NO2P2. The van der Waals surface area contributed by atoms with Gasteiger partial charge in [-0.2, -0.15) is 0 Å². The Morgan fingerprint density at radius 3 is 2.58 bits per heavy atom. The number of hydrogen-bond acceptors (Lipinski definition) is 3. The molecule has 0 amide bonds.